The fourth-order valence-corrected chi connectivity index (χ4v) is 2.79. The van der Waals surface area contributed by atoms with Gasteiger partial charge in [-0.2, -0.15) is 0 Å². The van der Waals surface area contributed by atoms with Crippen molar-refractivity contribution in [2.24, 2.45) is 0 Å². The first-order chi connectivity index (χ1) is 10.2. The number of hydrogen-bond donors (Lipinski definition) is 1. The van der Waals surface area contributed by atoms with Gasteiger partial charge in [0.1, 0.15) is 0 Å². The van der Waals surface area contributed by atoms with E-state index in [1.165, 1.54) is 42.5 Å². The highest BCUT2D eigenvalue weighted by Crippen LogP contribution is 2.27. The number of halogens is 1. The van der Waals surface area contributed by atoms with Crippen molar-refractivity contribution in [1.29, 1.82) is 0 Å². The van der Waals surface area contributed by atoms with Crippen LogP contribution in [-0.2, 0) is 0 Å². The van der Waals surface area contributed by atoms with Crippen LogP contribution in [-0.4, -0.2) is 0 Å². The minimum Gasteiger partial charge on any atom is -0.378 e. The summed E-state index contributed by atoms with van der Waals surface area (Å²) in [5, 5.41) is 3.70. The molecule has 0 aliphatic heterocycles. The number of aryl methyl sites for hydroxylation is 1. The number of unbranched alkanes of at least 4 members (excludes halogenated alkanes) is 2. The summed E-state index contributed by atoms with van der Waals surface area (Å²) in [7, 11) is 0. The Hall–Kier alpha value is -1.28. The molecule has 21 heavy (non-hydrogen) atoms. The van der Waals surface area contributed by atoms with E-state index < -0.39 is 0 Å². The molecular formula is C19H24BrN. The maximum atomic E-state index is 3.70. The van der Waals surface area contributed by atoms with E-state index in [1.807, 2.05) is 0 Å². The molecule has 0 amide bonds. The van der Waals surface area contributed by atoms with Crippen molar-refractivity contribution in [2.75, 3.05) is 5.32 Å². The quantitative estimate of drug-likeness (QED) is 0.565. The number of benzene rings is 2. The molecular weight excluding hydrogens is 322 g/mol. The second-order valence-electron chi connectivity index (χ2n) is 5.57. The topological polar surface area (TPSA) is 12.0 Å². The lowest BCUT2D eigenvalue weighted by molar-refractivity contribution is 0.606. The molecule has 2 rings (SSSR count). The Kier molecular flexibility index (Phi) is 6.31. The molecule has 112 valence electrons. The Labute approximate surface area is 136 Å². The van der Waals surface area contributed by atoms with E-state index in [-0.39, 0.29) is 0 Å². The molecule has 0 bridgehead atoms. The van der Waals surface area contributed by atoms with E-state index >= 15 is 0 Å². The third-order valence-electron chi connectivity index (χ3n) is 3.80. The highest BCUT2D eigenvalue weighted by Gasteiger charge is 2.11. The van der Waals surface area contributed by atoms with Crippen LogP contribution in [0.5, 0.6) is 0 Å². The summed E-state index contributed by atoms with van der Waals surface area (Å²) in [4.78, 5) is 0. The smallest absolute Gasteiger partial charge is 0.0513 e. The van der Waals surface area contributed by atoms with Gasteiger partial charge in [0, 0.05) is 10.2 Å². The summed E-state index contributed by atoms with van der Waals surface area (Å²) >= 11 is 3.56. The van der Waals surface area contributed by atoms with Crippen molar-refractivity contribution in [2.45, 2.75) is 45.6 Å². The molecule has 2 aromatic carbocycles. The first kappa shape index (κ1) is 16.1. The van der Waals surface area contributed by atoms with Crippen molar-refractivity contribution in [3.8, 4) is 0 Å². The molecule has 0 saturated carbocycles. The first-order valence-corrected chi connectivity index (χ1v) is 8.57. The van der Waals surface area contributed by atoms with Crippen LogP contribution < -0.4 is 5.32 Å². The van der Waals surface area contributed by atoms with Gasteiger partial charge in [-0.1, -0.05) is 72.4 Å². The molecule has 0 aromatic heterocycles. The van der Waals surface area contributed by atoms with Gasteiger partial charge in [0.05, 0.1) is 6.04 Å². The van der Waals surface area contributed by atoms with Crippen LogP contribution in [0.25, 0.3) is 0 Å². The highest BCUT2D eigenvalue weighted by atomic mass is 79.9. The minimum atomic E-state index is 0.387. The van der Waals surface area contributed by atoms with Crippen LogP contribution in [0.1, 0.15) is 49.8 Å². The van der Waals surface area contributed by atoms with E-state index in [9.17, 15) is 0 Å². The molecule has 0 heterocycles. The summed E-state index contributed by atoms with van der Waals surface area (Å²) < 4.78 is 1.16. The Bertz CT molecular complexity index is 551. The maximum Gasteiger partial charge on any atom is 0.0513 e. The fraction of sp³-hybridized carbons (Fsp3) is 0.368. The van der Waals surface area contributed by atoms with E-state index in [0.29, 0.717) is 6.04 Å². The second-order valence-corrected chi connectivity index (χ2v) is 6.42. The third kappa shape index (κ3) is 4.89. The number of anilines is 1. The van der Waals surface area contributed by atoms with E-state index in [2.05, 4.69) is 83.6 Å². The van der Waals surface area contributed by atoms with Crippen molar-refractivity contribution in [3.05, 3.63) is 64.1 Å². The molecule has 1 atom stereocenters. The average molecular weight is 346 g/mol. The molecule has 0 aliphatic carbocycles. The lowest BCUT2D eigenvalue weighted by atomic mass is 10.00. The summed E-state index contributed by atoms with van der Waals surface area (Å²) in [5.41, 5.74) is 3.83. The Morgan fingerprint density at radius 2 is 1.81 bits per heavy atom. The zero-order valence-corrected chi connectivity index (χ0v) is 14.5. The van der Waals surface area contributed by atoms with Crippen LogP contribution in [0, 0.1) is 6.92 Å². The Balaban J connectivity index is 2.13. The van der Waals surface area contributed by atoms with Gasteiger partial charge in [0.2, 0.25) is 0 Å². The number of rotatable bonds is 7. The average Bonchev–Trinajstić information content (AvgIpc) is 2.51. The first-order valence-electron chi connectivity index (χ1n) is 7.78. The summed E-state index contributed by atoms with van der Waals surface area (Å²) in [6.07, 6.45) is 4.99. The number of nitrogens with one attached hydrogen (secondary N) is 1. The molecule has 0 fully saturated rings. The summed E-state index contributed by atoms with van der Waals surface area (Å²) in [6, 6.07) is 17.6. The van der Waals surface area contributed by atoms with Crippen LogP contribution in [0.4, 0.5) is 5.69 Å². The molecule has 0 saturated heterocycles. The molecule has 0 radical (unpaired) electrons. The SMILES string of the molecule is CCCCCC(Nc1ccc(Br)c(C)c1)c1ccccc1. The standard InChI is InChI=1S/C19H24BrN/c1-3-4-6-11-19(16-9-7-5-8-10-16)21-17-12-13-18(20)15(2)14-17/h5,7-10,12-14,19,21H,3-4,6,11H2,1-2H3. The van der Waals surface area contributed by atoms with Gasteiger partial charge in [0.15, 0.2) is 0 Å². The lowest BCUT2D eigenvalue weighted by Crippen LogP contribution is -2.11. The normalized spacial score (nSPS) is 12.1. The molecule has 0 aliphatic rings. The fourth-order valence-electron chi connectivity index (χ4n) is 2.54. The predicted octanol–water partition coefficient (Wildman–Crippen LogP) is 6.49. The largest absolute Gasteiger partial charge is 0.378 e. The minimum absolute atomic E-state index is 0.387. The molecule has 1 N–H and O–H groups in total. The summed E-state index contributed by atoms with van der Waals surface area (Å²) in [5.74, 6) is 0. The van der Waals surface area contributed by atoms with E-state index in [0.717, 1.165) is 4.47 Å². The van der Waals surface area contributed by atoms with E-state index in [4.69, 9.17) is 0 Å². The zero-order valence-electron chi connectivity index (χ0n) is 12.9. The monoisotopic (exact) mass is 345 g/mol. The van der Waals surface area contributed by atoms with Crippen LogP contribution >= 0.6 is 15.9 Å². The van der Waals surface area contributed by atoms with Gasteiger partial charge in [-0.3, -0.25) is 0 Å². The van der Waals surface area contributed by atoms with Crippen LogP contribution in [0.3, 0.4) is 0 Å². The van der Waals surface area contributed by atoms with Crippen molar-refractivity contribution in [1.82, 2.24) is 0 Å². The van der Waals surface area contributed by atoms with Gasteiger partial charge in [-0.05, 0) is 42.7 Å². The van der Waals surface area contributed by atoms with Crippen molar-refractivity contribution < 1.29 is 0 Å². The van der Waals surface area contributed by atoms with Crippen molar-refractivity contribution >= 4 is 21.6 Å². The molecule has 2 aromatic rings. The van der Waals surface area contributed by atoms with Crippen LogP contribution in [0.15, 0.2) is 53.0 Å². The van der Waals surface area contributed by atoms with Crippen LogP contribution in [0.2, 0.25) is 0 Å². The van der Waals surface area contributed by atoms with Gasteiger partial charge in [0.25, 0.3) is 0 Å². The van der Waals surface area contributed by atoms with Crippen molar-refractivity contribution in [3.63, 3.8) is 0 Å². The lowest BCUT2D eigenvalue weighted by Gasteiger charge is -2.21. The summed E-state index contributed by atoms with van der Waals surface area (Å²) in [6.45, 7) is 4.38. The molecule has 2 heteroatoms. The molecule has 1 unspecified atom stereocenters. The van der Waals surface area contributed by atoms with Gasteiger partial charge in [-0.15, -0.1) is 0 Å². The molecule has 1 nitrogen and oxygen atoms in total. The van der Waals surface area contributed by atoms with Gasteiger partial charge in [-0.25, -0.2) is 0 Å². The predicted molar refractivity (Wildman–Crippen MR) is 95.8 cm³/mol. The zero-order chi connectivity index (χ0) is 15.1. The Morgan fingerprint density at radius 1 is 1.05 bits per heavy atom. The second kappa shape index (κ2) is 8.23. The maximum absolute atomic E-state index is 3.70. The molecule has 0 spiro atoms. The Morgan fingerprint density at radius 3 is 2.48 bits per heavy atom. The van der Waals surface area contributed by atoms with Gasteiger partial charge < -0.3 is 5.32 Å². The van der Waals surface area contributed by atoms with E-state index in [1.54, 1.807) is 0 Å². The highest BCUT2D eigenvalue weighted by molar-refractivity contribution is 9.10. The number of hydrogen-bond acceptors (Lipinski definition) is 1. The third-order valence-corrected chi connectivity index (χ3v) is 4.69. The van der Waals surface area contributed by atoms with Gasteiger partial charge >= 0.3 is 0 Å².